The van der Waals surface area contributed by atoms with E-state index in [4.69, 9.17) is 0 Å². The van der Waals surface area contributed by atoms with Gasteiger partial charge in [-0.05, 0) is 30.3 Å². The zero-order chi connectivity index (χ0) is 17.2. The Balaban J connectivity index is 1.72. The van der Waals surface area contributed by atoms with Crippen molar-refractivity contribution in [3.8, 4) is 11.5 Å². The molecule has 2 aromatic heterocycles. The number of halogens is 3. The third-order valence-electron chi connectivity index (χ3n) is 2.99. The summed E-state index contributed by atoms with van der Waals surface area (Å²) in [6.07, 6.45) is -1.29. The standard InChI is InChI=1S/C15H9F3N4OS/c16-15(17,18)10-4-2-9(3-5-10)13(23)22-14-21-11(8-24-14)12-19-6-1-7-20-12/h1-8H,(H,21,22,23). The van der Waals surface area contributed by atoms with E-state index in [9.17, 15) is 18.0 Å². The maximum absolute atomic E-state index is 12.5. The Labute approximate surface area is 138 Å². The topological polar surface area (TPSA) is 67.8 Å². The number of aromatic nitrogens is 3. The number of hydrogen-bond donors (Lipinski definition) is 1. The van der Waals surface area contributed by atoms with Gasteiger partial charge >= 0.3 is 6.18 Å². The molecule has 0 aliphatic heterocycles. The quantitative estimate of drug-likeness (QED) is 0.779. The molecule has 2 heterocycles. The van der Waals surface area contributed by atoms with Crippen LogP contribution in [0, 0.1) is 0 Å². The summed E-state index contributed by atoms with van der Waals surface area (Å²) in [6, 6.07) is 5.63. The highest BCUT2D eigenvalue weighted by atomic mass is 32.1. The van der Waals surface area contributed by atoms with Crippen molar-refractivity contribution < 1.29 is 18.0 Å². The summed E-state index contributed by atoms with van der Waals surface area (Å²) in [6.45, 7) is 0. The van der Waals surface area contributed by atoms with Crippen LogP contribution in [0.2, 0.25) is 0 Å². The Morgan fingerprint density at radius 1 is 1.08 bits per heavy atom. The van der Waals surface area contributed by atoms with E-state index in [2.05, 4.69) is 20.3 Å². The first kappa shape index (κ1) is 16.1. The summed E-state index contributed by atoms with van der Waals surface area (Å²) < 4.78 is 37.5. The van der Waals surface area contributed by atoms with E-state index in [1.807, 2.05) is 0 Å². The Hall–Kier alpha value is -2.81. The molecule has 5 nitrogen and oxygen atoms in total. The number of thiazole rings is 1. The monoisotopic (exact) mass is 350 g/mol. The molecule has 1 aromatic carbocycles. The first-order valence-corrected chi connectivity index (χ1v) is 7.53. The van der Waals surface area contributed by atoms with Gasteiger partial charge in [0.05, 0.1) is 5.56 Å². The number of carbonyl (C=O) groups is 1. The molecule has 0 saturated heterocycles. The molecule has 0 aliphatic carbocycles. The molecule has 3 aromatic rings. The third-order valence-corrected chi connectivity index (χ3v) is 3.75. The molecule has 0 unspecified atom stereocenters. The van der Waals surface area contributed by atoms with Crippen molar-refractivity contribution in [3.63, 3.8) is 0 Å². The molecule has 0 saturated carbocycles. The number of anilines is 1. The Morgan fingerprint density at radius 2 is 1.75 bits per heavy atom. The first-order valence-electron chi connectivity index (χ1n) is 6.65. The highest BCUT2D eigenvalue weighted by molar-refractivity contribution is 7.14. The van der Waals surface area contributed by atoms with Crippen LogP contribution >= 0.6 is 11.3 Å². The predicted octanol–water partition coefficient (Wildman–Crippen LogP) is 3.87. The molecule has 0 radical (unpaired) electrons. The van der Waals surface area contributed by atoms with Gasteiger partial charge in [-0.1, -0.05) is 0 Å². The minimum atomic E-state index is -4.44. The van der Waals surface area contributed by atoms with Crippen LogP contribution in [0.15, 0.2) is 48.1 Å². The number of amides is 1. The highest BCUT2D eigenvalue weighted by Crippen LogP contribution is 2.29. The Bertz CT molecular complexity index is 847. The molecular weight excluding hydrogens is 341 g/mol. The van der Waals surface area contributed by atoms with E-state index < -0.39 is 17.6 Å². The highest BCUT2D eigenvalue weighted by Gasteiger charge is 2.30. The zero-order valence-electron chi connectivity index (χ0n) is 11.9. The lowest BCUT2D eigenvalue weighted by molar-refractivity contribution is -0.137. The second-order valence-corrected chi connectivity index (χ2v) is 5.50. The van der Waals surface area contributed by atoms with Gasteiger partial charge in [0.25, 0.3) is 5.91 Å². The molecule has 24 heavy (non-hydrogen) atoms. The van der Waals surface area contributed by atoms with E-state index >= 15 is 0 Å². The number of alkyl halides is 3. The molecule has 122 valence electrons. The third kappa shape index (κ3) is 3.57. The molecule has 0 fully saturated rings. The van der Waals surface area contributed by atoms with Gasteiger partial charge in [0, 0.05) is 23.3 Å². The van der Waals surface area contributed by atoms with Crippen LogP contribution in [0.3, 0.4) is 0 Å². The maximum Gasteiger partial charge on any atom is 0.416 e. The number of nitrogens with one attached hydrogen (secondary N) is 1. The first-order chi connectivity index (χ1) is 11.4. The minimum Gasteiger partial charge on any atom is -0.298 e. The van der Waals surface area contributed by atoms with Crippen LogP contribution in [-0.2, 0) is 6.18 Å². The average Bonchev–Trinajstić information content (AvgIpc) is 3.03. The molecule has 9 heteroatoms. The van der Waals surface area contributed by atoms with E-state index in [1.54, 1.807) is 23.8 Å². The summed E-state index contributed by atoms with van der Waals surface area (Å²) in [7, 11) is 0. The van der Waals surface area contributed by atoms with E-state index in [0.717, 1.165) is 24.3 Å². The van der Waals surface area contributed by atoms with Crippen LogP contribution in [0.1, 0.15) is 15.9 Å². The van der Waals surface area contributed by atoms with Gasteiger partial charge in [0.2, 0.25) is 0 Å². The molecule has 3 rings (SSSR count). The minimum absolute atomic E-state index is 0.107. The van der Waals surface area contributed by atoms with Gasteiger partial charge in [0.1, 0.15) is 5.69 Å². The van der Waals surface area contributed by atoms with Crippen molar-refractivity contribution >= 4 is 22.4 Å². The lowest BCUT2D eigenvalue weighted by Gasteiger charge is -2.07. The summed E-state index contributed by atoms with van der Waals surface area (Å²) in [5.41, 5.74) is -0.198. The molecule has 0 atom stereocenters. The molecule has 0 aliphatic rings. The van der Waals surface area contributed by atoms with Crippen molar-refractivity contribution in [2.75, 3.05) is 5.32 Å². The number of rotatable bonds is 3. The van der Waals surface area contributed by atoms with Gasteiger partial charge in [-0.15, -0.1) is 11.3 Å². The average molecular weight is 350 g/mol. The van der Waals surface area contributed by atoms with E-state index in [1.165, 1.54) is 11.3 Å². The van der Waals surface area contributed by atoms with Crippen molar-refractivity contribution in [1.82, 2.24) is 15.0 Å². The van der Waals surface area contributed by atoms with Crippen molar-refractivity contribution in [3.05, 3.63) is 59.2 Å². The van der Waals surface area contributed by atoms with Crippen LogP contribution in [0.5, 0.6) is 0 Å². The maximum atomic E-state index is 12.5. The van der Waals surface area contributed by atoms with Gasteiger partial charge in [-0.3, -0.25) is 10.1 Å². The second-order valence-electron chi connectivity index (χ2n) is 4.64. The second kappa shape index (κ2) is 6.36. The van der Waals surface area contributed by atoms with Crippen molar-refractivity contribution in [1.29, 1.82) is 0 Å². The SMILES string of the molecule is O=C(Nc1nc(-c2ncccn2)cs1)c1ccc(C(F)(F)F)cc1. The number of hydrogen-bond acceptors (Lipinski definition) is 5. The normalized spacial score (nSPS) is 11.3. The largest absolute Gasteiger partial charge is 0.416 e. The Morgan fingerprint density at radius 3 is 2.38 bits per heavy atom. The van der Waals surface area contributed by atoms with Crippen molar-refractivity contribution in [2.24, 2.45) is 0 Å². The fraction of sp³-hybridized carbons (Fsp3) is 0.0667. The number of benzene rings is 1. The smallest absolute Gasteiger partial charge is 0.298 e. The van der Waals surface area contributed by atoms with Gasteiger partial charge in [-0.25, -0.2) is 15.0 Å². The molecular formula is C15H9F3N4OS. The predicted molar refractivity (Wildman–Crippen MR) is 82.5 cm³/mol. The molecule has 1 amide bonds. The summed E-state index contributed by atoms with van der Waals surface area (Å²) in [4.78, 5) is 24.3. The van der Waals surface area contributed by atoms with Crippen LogP contribution in [-0.4, -0.2) is 20.9 Å². The van der Waals surface area contributed by atoms with E-state index in [-0.39, 0.29) is 5.56 Å². The molecule has 1 N–H and O–H groups in total. The van der Waals surface area contributed by atoms with Crippen molar-refractivity contribution in [2.45, 2.75) is 6.18 Å². The summed E-state index contributed by atoms with van der Waals surface area (Å²) in [5.74, 6) is -0.123. The Kier molecular flexibility index (Phi) is 4.26. The lowest BCUT2D eigenvalue weighted by atomic mass is 10.1. The lowest BCUT2D eigenvalue weighted by Crippen LogP contribution is -2.12. The summed E-state index contributed by atoms with van der Waals surface area (Å²) in [5, 5.41) is 4.52. The van der Waals surface area contributed by atoms with Crippen LogP contribution < -0.4 is 5.32 Å². The van der Waals surface area contributed by atoms with Gasteiger partial charge in [0.15, 0.2) is 11.0 Å². The van der Waals surface area contributed by atoms with E-state index in [0.29, 0.717) is 16.6 Å². The van der Waals surface area contributed by atoms with Gasteiger partial charge in [-0.2, -0.15) is 13.2 Å². The summed E-state index contributed by atoms with van der Waals surface area (Å²) >= 11 is 1.17. The van der Waals surface area contributed by atoms with Crippen LogP contribution in [0.4, 0.5) is 18.3 Å². The molecule has 0 bridgehead atoms. The van der Waals surface area contributed by atoms with Crippen LogP contribution in [0.25, 0.3) is 11.5 Å². The zero-order valence-corrected chi connectivity index (χ0v) is 12.7. The fourth-order valence-corrected chi connectivity index (χ4v) is 2.53. The fourth-order valence-electron chi connectivity index (χ4n) is 1.85. The number of nitrogens with zero attached hydrogens (tertiary/aromatic N) is 3. The molecule has 0 spiro atoms. The van der Waals surface area contributed by atoms with Gasteiger partial charge < -0.3 is 0 Å². The number of carbonyl (C=O) groups excluding carboxylic acids is 1.